The number of halogens is 3. The van der Waals surface area contributed by atoms with Gasteiger partial charge in [-0.25, -0.2) is 0 Å². The van der Waals surface area contributed by atoms with E-state index in [0.29, 0.717) is 5.56 Å². The topological polar surface area (TPSA) is 47.3 Å². The summed E-state index contributed by atoms with van der Waals surface area (Å²) in [6, 6.07) is 0. The van der Waals surface area contributed by atoms with E-state index in [2.05, 4.69) is 9.84 Å². The Morgan fingerprint density at radius 2 is 2.25 bits per heavy atom. The van der Waals surface area contributed by atoms with Gasteiger partial charge in [0.05, 0.1) is 25.5 Å². The van der Waals surface area contributed by atoms with Crippen LogP contribution >= 0.6 is 0 Å². The van der Waals surface area contributed by atoms with Crippen molar-refractivity contribution in [2.75, 3.05) is 13.2 Å². The van der Waals surface area contributed by atoms with Crippen LogP contribution in [0.4, 0.5) is 13.2 Å². The van der Waals surface area contributed by atoms with Crippen LogP contribution in [0, 0.1) is 0 Å². The Labute approximate surface area is 90.6 Å². The minimum atomic E-state index is -4.30. The number of hydrogen-bond donors (Lipinski definition) is 1. The summed E-state index contributed by atoms with van der Waals surface area (Å²) < 4.78 is 41.0. The monoisotopic (exact) mass is 238 g/mol. The lowest BCUT2D eigenvalue weighted by Crippen LogP contribution is -2.19. The second-order valence-electron chi connectivity index (χ2n) is 3.38. The Morgan fingerprint density at radius 3 is 2.75 bits per heavy atom. The van der Waals surface area contributed by atoms with E-state index in [1.54, 1.807) is 13.1 Å². The molecule has 92 valence electrons. The highest BCUT2D eigenvalue weighted by atomic mass is 19.4. The highest BCUT2D eigenvalue weighted by Gasteiger charge is 2.27. The predicted molar refractivity (Wildman–Crippen MR) is 49.7 cm³/mol. The van der Waals surface area contributed by atoms with Crippen LogP contribution in [0.25, 0.3) is 0 Å². The van der Waals surface area contributed by atoms with E-state index in [1.165, 1.54) is 10.9 Å². The van der Waals surface area contributed by atoms with Crippen molar-refractivity contribution in [3.8, 4) is 0 Å². The molecule has 0 bridgehead atoms. The zero-order valence-corrected chi connectivity index (χ0v) is 8.74. The van der Waals surface area contributed by atoms with Crippen molar-refractivity contribution in [1.29, 1.82) is 0 Å². The number of alkyl halides is 3. The second kappa shape index (κ2) is 5.31. The molecule has 1 aromatic rings. The molecule has 4 nitrogen and oxygen atoms in total. The van der Waals surface area contributed by atoms with Crippen LogP contribution < -0.4 is 0 Å². The summed E-state index contributed by atoms with van der Waals surface area (Å²) in [6.07, 6.45) is -1.89. The summed E-state index contributed by atoms with van der Waals surface area (Å²) in [6.45, 7) is 0.488. The molecular weight excluding hydrogens is 225 g/mol. The first-order valence-electron chi connectivity index (χ1n) is 4.73. The molecule has 1 aromatic heterocycles. The third-order valence-corrected chi connectivity index (χ3v) is 1.87. The zero-order valence-electron chi connectivity index (χ0n) is 8.74. The summed E-state index contributed by atoms with van der Waals surface area (Å²) in [5.74, 6) is 0. The fraction of sp³-hybridized carbons (Fsp3) is 0.667. The van der Waals surface area contributed by atoms with E-state index in [-0.39, 0.29) is 13.2 Å². The fourth-order valence-corrected chi connectivity index (χ4v) is 1.06. The van der Waals surface area contributed by atoms with Gasteiger partial charge in [0.15, 0.2) is 0 Å². The standard InChI is InChI=1S/C9H13F3N2O2/c1-7(15)8-4-13-14(5-8)2-3-16-6-9(10,11)12/h4-5,7,15H,2-3,6H2,1H3. The maximum atomic E-state index is 11.7. The quantitative estimate of drug-likeness (QED) is 0.791. The summed E-state index contributed by atoms with van der Waals surface area (Å²) >= 11 is 0. The van der Waals surface area contributed by atoms with Crippen molar-refractivity contribution in [2.45, 2.75) is 25.7 Å². The molecule has 0 spiro atoms. The number of rotatable bonds is 5. The third kappa shape index (κ3) is 4.63. The Balaban J connectivity index is 2.27. The lowest BCUT2D eigenvalue weighted by atomic mass is 10.2. The van der Waals surface area contributed by atoms with Crippen molar-refractivity contribution in [3.63, 3.8) is 0 Å². The molecule has 1 unspecified atom stereocenters. The van der Waals surface area contributed by atoms with Crippen LogP contribution in [-0.4, -0.2) is 34.3 Å². The third-order valence-electron chi connectivity index (χ3n) is 1.87. The molecule has 0 aliphatic heterocycles. The molecule has 0 radical (unpaired) electrons. The van der Waals surface area contributed by atoms with Crippen molar-refractivity contribution in [3.05, 3.63) is 18.0 Å². The van der Waals surface area contributed by atoms with E-state index in [0.717, 1.165) is 0 Å². The van der Waals surface area contributed by atoms with Crippen LogP contribution in [0.5, 0.6) is 0 Å². The number of hydrogen-bond acceptors (Lipinski definition) is 3. The van der Waals surface area contributed by atoms with Crippen LogP contribution in [0.1, 0.15) is 18.6 Å². The van der Waals surface area contributed by atoms with Gasteiger partial charge >= 0.3 is 6.18 Å². The lowest BCUT2D eigenvalue weighted by Gasteiger charge is -2.07. The molecule has 0 aliphatic carbocycles. The molecule has 0 aromatic carbocycles. The molecule has 0 saturated carbocycles. The highest BCUT2D eigenvalue weighted by Crippen LogP contribution is 2.14. The molecule has 16 heavy (non-hydrogen) atoms. The van der Waals surface area contributed by atoms with Gasteiger partial charge < -0.3 is 9.84 Å². The first kappa shape index (κ1) is 13.0. The summed E-state index contributed by atoms with van der Waals surface area (Å²) in [4.78, 5) is 0. The second-order valence-corrected chi connectivity index (χ2v) is 3.38. The molecule has 1 rings (SSSR count). The molecule has 0 aliphatic rings. The number of aromatic nitrogens is 2. The Bertz CT molecular complexity index is 323. The Kier molecular flexibility index (Phi) is 4.31. The van der Waals surface area contributed by atoms with Crippen molar-refractivity contribution >= 4 is 0 Å². The van der Waals surface area contributed by atoms with E-state index >= 15 is 0 Å². The lowest BCUT2D eigenvalue weighted by molar-refractivity contribution is -0.174. The first-order chi connectivity index (χ1) is 7.38. The largest absolute Gasteiger partial charge is 0.411 e. The van der Waals surface area contributed by atoms with Crippen molar-refractivity contribution < 1.29 is 23.0 Å². The smallest absolute Gasteiger partial charge is 0.389 e. The maximum Gasteiger partial charge on any atom is 0.411 e. The predicted octanol–water partition coefficient (Wildman–Crippen LogP) is 1.52. The molecule has 0 saturated heterocycles. The van der Waals surface area contributed by atoms with Gasteiger partial charge in [-0.05, 0) is 6.92 Å². The van der Waals surface area contributed by atoms with Gasteiger partial charge in [-0.15, -0.1) is 0 Å². The summed E-state index contributed by atoms with van der Waals surface area (Å²) in [5.41, 5.74) is 0.621. The van der Waals surface area contributed by atoms with Gasteiger partial charge in [0.2, 0.25) is 0 Å². The molecule has 1 atom stereocenters. The van der Waals surface area contributed by atoms with Gasteiger partial charge in [-0.1, -0.05) is 0 Å². The average molecular weight is 238 g/mol. The molecule has 0 amide bonds. The van der Waals surface area contributed by atoms with Gasteiger partial charge in [0.25, 0.3) is 0 Å². The SMILES string of the molecule is CC(O)c1cnn(CCOCC(F)(F)F)c1. The van der Waals surface area contributed by atoms with E-state index < -0.39 is 18.9 Å². The highest BCUT2D eigenvalue weighted by molar-refractivity contribution is 5.06. The van der Waals surface area contributed by atoms with Crippen LogP contribution in [0.2, 0.25) is 0 Å². The average Bonchev–Trinajstić information content (AvgIpc) is 2.59. The number of aliphatic hydroxyl groups excluding tert-OH is 1. The van der Waals surface area contributed by atoms with Gasteiger partial charge in [-0.2, -0.15) is 18.3 Å². The number of aliphatic hydroxyl groups is 1. The van der Waals surface area contributed by atoms with E-state index in [9.17, 15) is 18.3 Å². The first-order valence-corrected chi connectivity index (χ1v) is 4.73. The molecule has 7 heteroatoms. The number of ether oxygens (including phenoxy) is 1. The molecule has 0 fully saturated rings. The molecule has 1 N–H and O–H groups in total. The Morgan fingerprint density at radius 1 is 1.56 bits per heavy atom. The summed E-state index contributed by atoms with van der Waals surface area (Å²) in [5, 5.41) is 13.0. The summed E-state index contributed by atoms with van der Waals surface area (Å²) in [7, 11) is 0. The minimum Gasteiger partial charge on any atom is -0.389 e. The number of nitrogens with zero attached hydrogens (tertiary/aromatic N) is 2. The Hall–Kier alpha value is -1.08. The van der Waals surface area contributed by atoms with Crippen LogP contribution in [0.15, 0.2) is 12.4 Å². The van der Waals surface area contributed by atoms with Crippen LogP contribution in [-0.2, 0) is 11.3 Å². The van der Waals surface area contributed by atoms with E-state index in [1.807, 2.05) is 0 Å². The van der Waals surface area contributed by atoms with Crippen LogP contribution in [0.3, 0.4) is 0 Å². The van der Waals surface area contributed by atoms with Crippen molar-refractivity contribution in [2.24, 2.45) is 0 Å². The van der Waals surface area contributed by atoms with Gasteiger partial charge in [0, 0.05) is 11.8 Å². The zero-order chi connectivity index (χ0) is 12.2. The van der Waals surface area contributed by atoms with E-state index in [4.69, 9.17) is 0 Å². The van der Waals surface area contributed by atoms with Gasteiger partial charge in [-0.3, -0.25) is 4.68 Å². The maximum absolute atomic E-state index is 11.7. The minimum absolute atomic E-state index is 0.0690. The fourth-order valence-electron chi connectivity index (χ4n) is 1.06. The molecular formula is C9H13F3N2O2. The van der Waals surface area contributed by atoms with Crippen molar-refractivity contribution in [1.82, 2.24) is 9.78 Å². The molecule has 1 heterocycles. The van der Waals surface area contributed by atoms with Gasteiger partial charge in [0.1, 0.15) is 6.61 Å². The normalized spacial score (nSPS) is 14.1.